The van der Waals surface area contributed by atoms with Crippen LogP contribution in [0.4, 0.5) is 0 Å². The van der Waals surface area contributed by atoms with Crippen molar-refractivity contribution in [2.24, 2.45) is 5.92 Å². The summed E-state index contributed by atoms with van der Waals surface area (Å²) in [4.78, 5) is 2.60. The van der Waals surface area contributed by atoms with Gasteiger partial charge in [0.05, 0.1) is 0 Å². The number of rotatable bonds is 2. The van der Waals surface area contributed by atoms with Crippen LogP contribution in [-0.2, 0) is 6.54 Å². The van der Waals surface area contributed by atoms with Crippen LogP contribution in [0, 0.1) is 5.92 Å². The second-order valence-corrected chi connectivity index (χ2v) is 6.66. The molecule has 18 heavy (non-hydrogen) atoms. The molecule has 1 aromatic rings. The summed E-state index contributed by atoms with van der Waals surface area (Å²) in [5, 5.41) is 4.39. The number of piperidine rings is 1. The predicted molar refractivity (Wildman–Crippen MR) is 78.9 cm³/mol. The molecule has 1 N–H and O–H groups in total. The lowest BCUT2D eigenvalue weighted by atomic mass is 9.91. The minimum absolute atomic E-state index is 0.707. The molecular formula is C14H18BrClN2. The van der Waals surface area contributed by atoms with E-state index in [9.17, 15) is 0 Å². The number of hydrogen-bond acceptors (Lipinski definition) is 2. The normalized spacial score (nSPS) is 28.3. The first-order valence-electron chi connectivity index (χ1n) is 6.63. The maximum atomic E-state index is 6.32. The molecule has 0 spiro atoms. The van der Waals surface area contributed by atoms with E-state index in [0.29, 0.717) is 6.04 Å². The molecule has 0 radical (unpaired) electrons. The van der Waals surface area contributed by atoms with Crippen molar-refractivity contribution >= 4 is 27.5 Å². The molecule has 0 aromatic heterocycles. The van der Waals surface area contributed by atoms with Gasteiger partial charge in [-0.25, -0.2) is 0 Å². The zero-order valence-electron chi connectivity index (χ0n) is 10.3. The molecule has 2 atom stereocenters. The van der Waals surface area contributed by atoms with Crippen molar-refractivity contribution in [3.63, 3.8) is 0 Å². The average molecular weight is 330 g/mol. The molecule has 2 unspecified atom stereocenters. The average Bonchev–Trinajstić information content (AvgIpc) is 2.82. The molecule has 2 nitrogen and oxygen atoms in total. The van der Waals surface area contributed by atoms with Crippen LogP contribution in [-0.4, -0.2) is 30.6 Å². The summed E-state index contributed by atoms with van der Waals surface area (Å²) in [6.07, 6.45) is 2.69. The van der Waals surface area contributed by atoms with Crippen LogP contribution in [0.3, 0.4) is 0 Å². The Morgan fingerprint density at radius 1 is 1.39 bits per heavy atom. The first-order valence-corrected chi connectivity index (χ1v) is 7.80. The van der Waals surface area contributed by atoms with Crippen molar-refractivity contribution in [2.75, 3.05) is 19.6 Å². The fourth-order valence-corrected chi connectivity index (χ4v) is 3.96. The fraction of sp³-hybridized carbons (Fsp3) is 0.571. The molecule has 2 saturated heterocycles. The molecule has 4 heteroatoms. The summed E-state index contributed by atoms with van der Waals surface area (Å²) >= 11 is 9.78. The first kappa shape index (κ1) is 12.9. The lowest BCUT2D eigenvalue weighted by Crippen LogP contribution is -2.44. The van der Waals surface area contributed by atoms with Crippen LogP contribution in [0.25, 0.3) is 0 Å². The number of benzene rings is 1. The Morgan fingerprint density at radius 2 is 2.28 bits per heavy atom. The number of hydrogen-bond donors (Lipinski definition) is 1. The molecule has 2 aliphatic rings. The lowest BCUT2D eigenvalue weighted by molar-refractivity contribution is 0.117. The minimum Gasteiger partial charge on any atom is -0.315 e. The molecule has 0 aliphatic carbocycles. The Hall–Kier alpha value is -0.0900. The van der Waals surface area contributed by atoms with E-state index in [1.165, 1.54) is 31.5 Å². The van der Waals surface area contributed by atoms with Crippen LogP contribution in [0.2, 0.25) is 5.02 Å². The number of likely N-dealkylation sites (tertiary alicyclic amines) is 1. The van der Waals surface area contributed by atoms with E-state index in [-0.39, 0.29) is 0 Å². The topological polar surface area (TPSA) is 15.3 Å². The summed E-state index contributed by atoms with van der Waals surface area (Å²) in [6, 6.07) is 6.91. The van der Waals surface area contributed by atoms with Gasteiger partial charge in [-0.2, -0.15) is 0 Å². The van der Waals surface area contributed by atoms with Crippen LogP contribution in [0.15, 0.2) is 22.7 Å². The molecule has 0 bridgehead atoms. The van der Waals surface area contributed by atoms with Gasteiger partial charge in [0.25, 0.3) is 0 Å². The van der Waals surface area contributed by atoms with Gasteiger partial charge in [0.1, 0.15) is 0 Å². The number of fused-ring (bicyclic) bond motifs is 1. The molecule has 98 valence electrons. The van der Waals surface area contributed by atoms with Crippen molar-refractivity contribution in [1.29, 1.82) is 0 Å². The molecule has 3 rings (SSSR count). The first-order chi connectivity index (χ1) is 8.74. The largest absolute Gasteiger partial charge is 0.315 e. The SMILES string of the molecule is Clc1cc(Br)ccc1CN1CCCC2CNCC21. The van der Waals surface area contributed by atoms with Crippen LogP contribution < -0.4 is 5.32 Å². The quantitative estimate of drug-likeness (QED) is 0.896. The van der Waals surface area contributed by atoms with E-state index < -0.39 is 0 Å². The van der Waals surface area contributed by atoms with Gasteiger partial charge in [0.2, 0.25) is 0 Å². The molecule has 0 saturated carbocycles. The van der Waals surface area contributed by atoms with Gasteiger partial charge in [0.15, 0.2) is 0 Å². The van der Waals surface area contributed by atoms with Crippen molar-refractivity contribution in [3.8, 4) is 0 Å². The molecular weight excluding hydrogens is 312 g/mol. The highest BCUT2D eigenvalue weighted by molar-refractivity contribution is 9.10. The van der Waals surface area contributed by atoms with Crippen LogP contribution in [0.1, 0.15) is 18.4 Å². The van der Waals surface area contributed by atoms with E-state index in [0.717, 1.165) is 28.5 Å². The third kappa shape index (κ3) is 2.60. The number of nitrogens with zero attached hydrogens (tertiary/aromatic N) is 1. The third-order valence-electron chi connectivity index (χ3n) is 4.18. The molecule has 1 aromatic carbocycles. The van der Waals surface area contributed by atoms with Gasteiger partial charge in [-0.1, -0.05) is 33.6 Å². The summed E-state index contributed by atoms with van der Waals surface area (Å²) in [7, 11) is 0. The summed E-state index contributed by atoms with van der Waals surface area (Å²) < 4.78 is 1.05. The second kappa shape index (κ2) is 5.49. The second-order valence-electron chi connectivity index (χ2n) is 5.33. The highest BCUT2D eigenvalue weighted by Gasteiger charge is 2.34. The van der Waals surface area contributed by atoms with Crippen molar-refractivity contribution in [3.05, 3.63) is 33.3 Å². The standard InChI is InChI=1S/C14H18BrClN2/c15-12-4-3-11(13(16)6-12)9-18-5-1-2-10-7-17-8-14(10)18/h3-4,6,10,14,17H,1-2,5,7-9H2. The summed E-state index contributed by atoms with van der Waals surface area (Å²) in [5.41, 5.74) is 1.24. The summed E-state index contributed by atoms with van der Waals surface area (Å²) in [5.74, 6) is 0.841. The Morgan fingerprint density at radius 3 is 3.11 bits per heavy atom. The summed E-state index contributed by atoms with van der Waals surface area (Å²) in [6.45, 7) is 4.51. The smallest absolute Gasteiger partial charge is 0.0462 e. The van der Waals surface area contributed by atoms with Gasteiger partial charge >= 0.3 is 0 Å². The Balaban J connectivity index is 1.75. The van der Waals surface area contributed by atoms with E-state index in [4.69, 9.17) is 11.6 Å². The number of halogens is 2. The van der Waals surface area contributed by atoms with Gasteiger partial charge in [-0.3, -0.25) is 4.90 Å². The van der Waals surface area contributed by atoms with E-state index >= 15 is 0 Å². The maximum Gasteiger partial charge on any atom is 0.0462 e. The van der Waals surface area contributed by atoms with E-state index in [2.05, 4.69) is 38.3 Å². The highest BCUT2D eigenvalue weighted by Crippen LogP contribution is 2.29. The predicted octanol–water partition coefficient (Wildman–Crippen LogP) is 3.29. The van der Waals surface area contributed by atoms with Gasteiger partial charge in [-0.05, 0) is 49.5 Å². The highest BCUT2D eigenvalue weighted by atomic mass is 79.9. The van der Waals surface area contributed by atoms with Crippen LogP contribution >= 0.6 is 27.5 Å². The Kier molecular flexibility index (Phi) is 3.94. The van der Waals surface area contributed by atoms with Crippen molar-refractivity contribution in [2.45, 2.75) is 25.4 Å². The van der Waals surface area contributed by atoms with Gasteiger partial charge in [0, 0.05) is 28.6 Å². The molecule has 0 amide bonds. The Labute approximate surface area is 122 Å². The van der Waals surface area contributed by atoms with E-state index in [1.54, 1.807) is 0 Å². The molecule has 2 fully saturated rings. The maximum absolute atomic E-state index is 6.32. The van der Waals surface area contributed by atoms with E-state index in [1.807, 2.05) is 6.07 Å². The van der Waals surface area contributed by atoms with Crippen molar-refractivity contribution < 1.29 is 0 Å². The number of nitrogens with one attached hydrogen (secondary N) is 1. The zero-order valence-corrected chi connectivity index (χ0v) is 12.7. The van der Waals surface area contributed by atoms with Gasteiger partial charge in [-0.15, -0.1) is 0 Å². The Bertz CT molecular complexity index is 438. The molecule has 2 heterocycles. The van der Waals surface area contributed by atoms with Gasteiger partial charge < -0.3 is 5.32 Å². The molecule has 2 aliphatic heterocycles. The fourth-order valence-electron chi connectivity index (χ4n) is 3.23. The lowest BCUT2D eigenvalue weighted by Gasteiger charge is -2.37. The third-order valence-corrected chi connectivity index (χ3v) is 5.03. The minimum atomic E-state index is 0.707. The monoisotopic (exact) mass is 328 g/mol. The van der Waals surface area contributed by atoms with Crippen molar-refractivity contribution in [1.82, 2.24) is 10.2 Å². The van der Waals surface area contributed by atoms with Crippen LogP contribution in [0.5, 0.6) is 0 Å². The zero-order chi connectivity index (χ0) is 12.5.